The van der Waals surface area contributed by atoms with E-state index in [1.165, 1.54) is 0 Å². The summed E-state index contributed by atoms with van der Waals surface area (Å²) in [5.74, 6) is 0.656. The summed E-state index contributed by atoms with van der Waals surface area (Å²) in [5.41, 5.74) is 0.747. The van der Waals surface area contributed by atoms with Gasteiger partial charge in [-0.05, 0) is 31.2 Å². The Balaban J connectivity index is 2.07. The van der Waals surface area contributed by atoms with E-state index in [2.05, 4.69) is 4.72 Å². The zero-order chi connectivity index (χ0) is 14.8. The fourth-order valence-corrected chi connectivity index (χ4v) is 2.99. The molecular formula is C13H18N2O4S. The first-order valence-corrected chi connectivity index (χ1v) is 8.28. The van der Waals surface area contributed by atoms with Gasteiger partial charge in [-0.3, -0.25) is 4.79 Å². The number of anilines is 1. The van der Waals surface area contributed by atoms with E-state index < -0.39 is 10.0 Å². The van der Waals surface area contributed by atoms with Crippen LogP contribution in [-0.4, -0.2) is 39.8 Å². The molecule has 1 aliphatic rings. The summed E-state index contributed by atoms with van der Waals surface area (Å²) in [7, 11) is -3.30. The Morgan fingerprint density at radius 2 is 2.00 bits per heavy atom. The van der Waals surface area contributed by atoms with Gasteiger partial charge in [-0.15, -0.1) is 0 Å². The lowest BCUT2D eigenvalue weighted by Gasteiger charge is -2.17. The van der Waals surface area contributed by atoms with Gasteiger partial charge in [0.05, 0.1) is 12.9 Å². The molecule has 7 heteroatoms. The van der Waals surface area contributed by atoms with Gasteiger partial charge in [-0.2, -0.15) is 0 Å². The second-order valence-electron chi connectivity index (χ2n) is 4.72. The first kappa shape index (κ1) is 14.8. The molecule has 1 amide bonds. The van der Waals surface area contributed by atoms with Gasteiger partial charge in [0, 0.05) is 24.7 Å². The van der Waals surface area contributed by atoms with Crippen molar-refractivity contribution in [3.8, 4) is 5.75 Å². The van der Waals surface area contributed by atoms with Gasteiger partial charge in [0.1, 0.15) is 5.75 Å². The standard InChI is InChI=1S/C13H18N2O4S/c1-3-19-12-6-4-11(5-7-12)15-9-10(8-13(15)16)14-20(2,17)18/h4-7,10,14H,3,8-9H2,1-2H3. The van der Waals surface area contributed by atoms with E-state index in [0.717, 1.165) is 17.7 Å². The summed E-state index contributed by atoms with van der Waals surface area (Å²) in [6.45, 7) is 2.83. The molecule has 1 fully saturated rings. The monoisotopic (exact) mass is 298 g/mol. The van der Waals surface area contributed by atoms with Crippen molar-refractivity contribution in [2.24, 2.45) is 0 Å². The lowest BCUT2D eigenvalue weighted by Crippen LogP contribution is -2.36. The highest BCUT2D eigenvalue weighted by Gasteiger charge is 2.32. The molecule has 0 aliphatic carbocycles. The third-order valence-electron chi connectivity index (χ3n) is 2.97. The van der Waals surface area contributed by atoms with Crippen molar-refractivity contribution >= 4 is 21.6 Å². The number of ether oxygens (including phenoxy) is 1. The van der Waals surface area contributed by atoms with Gasteiger partial charge in [0.2, 0.25) is 15.9 Å². The zero-order valence-electron chi connectivity index (χ0n) is 11.5. The summed E-state index contributed by atoms with van der Waals surface area (Å²) in [6.07, 6.45) is 1.28. The zero-order valence-corrected chi connectivity index (χ0v) is 12.3. The molecule has 1 aromatic rings. The predicted octanol–water partition coefficient (Wildman–Crippen LogP) is 0.740. The largest absolute Gasteiger partial charge is 0.494 e. The van der Waals surface area contributed by atoms with E-state index in [0.29, 0.717) is 13.2 Å². The van der Waals surface area contributed by atoms with Crippen molar-refractivity contribution in [1.29, 1.82) is 0 Å². The van der Waals surface area contributed by atoms with Crippen LogP contribution in [0.15, 0.2) is 24.3 Å². The Kier molecular flexibility index (Phi) is 4.29. The topological polar surface area (TPSA) is 75.7 Å². The van der Waals surface area contributed by atoms with Crippen LogP contribution < -0.4 is 14.4 Å². The smallest absolute Gasteiger partial charge is 0.228 e. The first-order chi connectivity index (χ1) is 9.39. The molecule has 1 unspecified atom stereocenters. The molecule has 1 heterocycles. The maximum absolute atomic E-state index is 11.9. The number of hydrogen-bond acceptors (Lipinski definition) is 4. The second kappa shape index (κ2) is 5.80. The molecule has 0 bridgehead atoms. The number of nitrogens with zero attached hydrogens (tertiary/aromatic N) is 1. The van der Waals surface area contributed by atoms with E-state index in [-0.39, 0.29) is 18.4 Å². The molecular weight excluding hydrogens is 280 g/mol. The number of amides is 1. The van der Waals surface area contributed by atoms with Crippen molar-refractivity contribution in [2.45, 2.75) is 19.4 Å². The number of nitrogens with one attached hydrogen (secondary N) is 1. The van der Waals surface area contributed by atoms with E-state index in [9.17, 15) is 13.2 Å². The fraction of sp³-hybridized carbons (Fsp3) is 0.462. The molecule has 0 spiro atoms. The minimum Gasteiger partial charge on any atom is -0.494 e. The van der Waals surface area contributed by atoms with E-state index in [1.54, 1.807) is 29.2 Å². The molecule has 1 aliphatic heterocycles. The quantitative estimate of drug-likeness (QED) is 0.870. The van der Waals surface area contributed by atoms with Gasteiger partial charge >= 0.3 is 0 Å². The molecule has 0 saturated carbocycles. The van der Waals surface area contributed by atoms with Crippen LogP contribution in [-0.2, 0) is 14.8 Å². The maximum Gasteiger partial charge on any atom is 0.228 e. The average molecular weight is 298 g/mol. The van der Waals surface area contributed by atoms with Crippen LogP contribution in [0, 0.1) is 0 Å². The lowest BCUT2D eigenvalue weighted by molar-refractivity contribution is -0.117. The van der Waals surface area contributed by atoms with Crippen molar-refractivity contribution in [2.75, 3.05) is 24.3 Å². The Labute approximate surface area is 118 Å². The Morgan fingerprint density at radius 3 is 2.55 bits per heavy atom. The normalized spacial score (nSPS) is 19.4. The minimum atomic E-state index is -3.30. The highest BCUT2D eigenvalue weighted by atomic mass is 32.2. The summed E-state index contributed by atoms with van der Waals surface area (Å²) in [5, 5.41) is 0. The van der Waals surface area contributed by atoms with Crippen molar-refractivity contribution in [3.63, 3.8) is 0 Å². The molecule has 0 radical (unpaired) electrons. The second-order valence-corrected chi connectivity index (χ2v) is 6.50. The molecule has 1 aromatic carbocycles. The number of benzene rings is 1. The molecule has 0 aromatic heterocycles. The van der Waals surface area contributed by atoms with Crippen LogP contribution in [0.2, 0.25) is 0 Å². The third-order valence-corrected chi connectivity index (χ3v) is 3.73. The maximum atomic E-state index is 11.9. The van der Waals surface area contributed by atoms with Gasteiger partial charge in [-0.25, -0.2) is 13.1 Å². The number of hydrogen-bond donors (Lipinski definition) is 1. The fourth-order valence-electron chi connectivity index (χ4n) is 2.23. The van der Waals surface area contributed by atoms with E-state index in [4.69, 9.17) is 4.74 Å². The molecule has 20 heavy (non-hydrogen) atoms. The Morgan fingerprint density at radius 1 is 1.35 bits per heavy atom. The molecule has 1 saturated heterocycles. The van der Waals surface area contributed by atoms with Crippen LogP contribution in [0.1, 0.15) is 13.3 Å². The molecule has 1 N–H and O–H groups in total. The summed E-state index contributed by atoms with van der Waals surface area (Å²) >= 11 is 0. The Bertz CT molecular complexity index is 583. The van der Waals surface area contributed by atoms with E-state index >= 15 is 0 Å². The van der Waals surface area contributed by atoms with Crippen LogP contribution in [0.3, 0.4) is 0 Å². The number of sulfonamides is 1. The average Bonchev–Trinajstić information content (AvgIpc) is 2.69. The van der Waals surface area contributed by atoms with Crippen molar-refractivity contribution in [3.05, 3.63) is 24.3 Å². The lowest BCUT2D eigenvalue weighted by atomic mass is 10.3. The van der Waals surface area contributed by atoms with Crippen molar-refractivity contribution < 1.29 is 17.9 Å². The van der Waals surface area contributed by atoms with E-state index in [1.807, 2.05) is 6.92 Å². The Hall–Kier alpha value is -1.60. The minimum absolute atomic E-state index is 0.0877. The van der Waals surface area contributed by atoms with Crippen molar-refractivity contribution in [1.82, 2.24) is 4.72 Å². The van der Waals surface area contributed by atoms with Gasteiger partial charge in [-0.1, -0.05) is 0 Å². The predicted molar refractivity (Wildman–Crippen MR) is 76.3 cm³/mol. The third kappa shape index (κ3) is 3.71. The molecule has 110 valence electrons. The van der Waals surface area contributed by atoms with Gasteiger partial charge < -0.3 is 9.64 Å². The summed E-state index contributed by atoms with van der Waals surface area (Å²) < 4.78 is 30.2. The first-order valence-electron chi connectivity index (χ1n) is 6.39. The van der Waals surface area contributed by atoms with Crippen LogP contribution in [0.25, 0.3) is 0 Å². The van der Waals surface area contributed by atoms with Gasteiger partial charge in [0.25, 0.3) is 0 Å². The number of rotatable bonds is 5. The van der Waals surface area contributed by atoms with Gasteiger partial charge in [0.15, 0.2) is 0 Å². The summed E-state index contributed by atoms with van der Waals surface area (Å²) in [6, 6.07) is 6.81. The molecule has 2 rings (SSSR count). The highest BCUT2D eigenvalue weighted by molar-refractivity contribution is 7.88. The number of carbonyl (C=O) groups excluding carboxylic acids is 1. The van der Waals surface area contributed by atoms with Crippen LogP contribution in [0.5, 0.6) is 5.75 Å². The molecule has 1 atom stereocenters. The molecule has 6 nitrogen and oxygen atoms in total. The highest BCUT2D eigenvalue weighted by Crippen LogP contribution is 2.24. The van der Waals surface area contributed by atoms with Crippen LogP contribution in [0.4, 0.5) is 5.69 Å². The SMILES string of the molecule is CCOc1ccc(N2CC(NS(C)(=O)=O)CC2=O)cc1. The summed E-state index contributed by atoms with van der Waals surface area (Å²) in [4.78, 5) is 13.5. The van der Waals surface area contributed by atoms with Crippen LogP contribution >= 0.6 is 0 Å². The number of carbonyl (C=O) groups is 1.